The van der Waals surface area contributed by atoms with Crippen LogP contribution in [0.4, 0.5) is 5.69 Å². The number of nitrogens with one attached hydrogen (secondary N) is 2. The Morgan fingerprint density at radius 1 is 1.00 bits per heavy atom. The van der Waals surface area contributed by atoms with E-state index in [1.807, 2.05) is 30.3 Å². The number of aromatic hydroxyl groups is 1. The Balaban J connectivity index is 2.37. The van der Waals surface area contributed by atoms with Gasteiger partial charge in [-0.2, -0.15) is 0 Å². The highest BCUT2D eigenvalue weighted by Gasteiger charge is 2.08. The largest absolute Gasteiger partial charge is 0.507 e. The molecule has 0 amide bonds. The van der Waals surface area contributed by atoms with E-state index in [1.54, 1.807) is 24.3 Å². The van der Waals surface area contributed by atoms with Crippen LogP contribution in [0, 0.1) is 0 Å². The number of hydrazine groups is 1. The Morgan fingerprint density at radius 2 is 1.65 bits per heavy atom. The number of thiocarbonyl (C=S) groups is 1. The quantitative estimate of drug-likeness (QED) is 0.293. The topological polar surface area (TPSA) is 82.7 Å². The van der Waals surface area contributed by atoms with E-state index in [-0.39, 0.29) is 10.9 Å². The SMILES string of the molecule is NC(=S)NNC(=Nc1ccccc1)c1ccccc1O. The van der Waals surface area contributed by atoms with E-state index in [9.17, 15) is 5.11 Å². The first kappa shape index (κ1) is 13.8. The van der Waals surface area contributed by atoms with Crippen LogP contribution in [0.3, 0.4) is 0 Å². The summed E-state index contributed by atoms with van der Waals surface area (Å²) in [6.07, 6.45) is 0. The van der Waals surface area contributed by atoms with Gasteiger partial charge in [-0.25, -0.2) is 4.99 Å². The average Bonchev–Trinajstić information content (AvgIpc) is 2.45. The van der Waals surface area contributed by atoms with Gasteiger partial charge in [-0.3, -0.25) is 10.9 Å². The van der Waals surface area contributed by atoms with Crippen molar-refractivity contribution in [3.05, 3.63) is 60.2 Å². The van der Waals surface area contributed by atoms with Gasteiger partial charge in [0, 0.05) is 0 Å². The molecule has 0 saturated heterocycles. The average molecular weight is 286 g/mol. The fourth-order valence-corrected chi connectivity index (χ4v) is 1.63. The van der Waals surface area contributed by atoms with E-state index in [0.29, 0.717) is 11.4 Å². The molecule has 20 heavy (non-hydrogen) atoms. The monoisotopic (exact) mass is 286 g/mol. The van der Waals surface area contributed by atoms with Crippen LogP contribution in [0.2, 0.25) is 0 Å². The van der Waals surface area contributed by atoms with Crippen LogP contribution in [0.15, 0.2) is 59.6 Å². The van der Waals surface area contributed by atoms with Gasteiger partial charge in [-0.1, -0.05) is 30.3 Å². The minimum Gasteiger partial charge on any atom is -0.507 e. The molecule has 2 rings (SSSR count). The normalized spacial score (nSPS) is 10.9. The van der Waals surface area contributed by atoms with Crippen molar-refractivity contribution in [2.45, 2.75) is 0 Å². The fourth-order valence-electron chi connectivity index (χ4n) is 1.58. The second-order valence-electron chi connectivity index (χ2n) is 3.93. The molecule has 0 saturated carbocycles. The number of nitrogens with zero attached hydrogens (tertiary/aromatic N) is 1. The molecule has 5 nitrogen and oxygen atoms in total. The van der Waals surface area contributed by atoms with E-state index in [0.717, 1.165) is 5.69 Å². The van der Waals surface area contributed by atoms with Gasteiger partial charge in [0.2, 0.25) is 0 Å². The number of para-hydroxylation sites is 2. The first-order valence-electron chi connectivity index (χ1n) is 5.90. The number of hydrogen-bond acceptors (Lipinski definition) is 3. The third kappa shape index (κ3) is 3.69. The maximum absolute atomic E-state index is 9.91. The van der Waals surface area contributed by atoms with Gasteiger partial charge in [0.25, 0.3) is 0 Å². The maximum Gasteiger partial charge on any atom is 0.182 e. The summed E-state index contributed by atoms with van der Waals surface area (Å²) in [5.74, 6) is 0.529. The molecule has 0 atom stereocenters. The number of nitrogens with two attached hydrogens (primary N) is 1. The molecule has 2 aromatic carbocycles. The zero-order valence-corrected chi connectivity index (χ0v) is 11.4. The zero-order valence-electron chi connectivity index (χ0n) is 10.6. The summed E-state index contributed by atoms with van der Waals surface area (Å²) in [6.45, 7) is 0. The lowest BCUT2D eigenvalue weighted by Gasteiger charge is -2.12. The van der Waals surface area contributed by atoms with Crippen molar-refractivity contribution in [3.8, 4) is 5.75 Å². The first-order chi connectivity index (χ1) is 9.66. The molecule has 6 heteroatoms. The van der Waals surface area contributed by atoms with Crippen LogP contribution in [0.1, 0.15) is 5.56 Å². The third-order valence-corrected chi connectivity index (χ3v) is 2.56. The van der Waals surface area contributed by atoms with Gasteiger partial charge in [-0.15, -0.1) is 0 Å². The van der Waals surface area contributed by atoms with Gasteiger partial charge >= 0.3 is 0 Å². The molecule has 0 aliphatic rings. The maximum atomic E-state index is 9.91. The molecular formula is C14H14N4OS. The van der Waals surface area contributed by atoms with Gasteiger partial charge in [-0.05, 0) is 36.5 Å². The molecule has 0 radical (unpaired) electrons. The third-order valence-electron chi connectivity index (χ3n) is 2.46. The number of phenols is 1. The summed E-state index contributed by atoms with van der Waals surface area (Å²) in [4.78, 5) is 4.43. The Kier molecular flexibility index (Phi) is 4.52. The Labute approximate surface area is 122 Å². The predicted molar refractivity (Wildman–Crippen MR) is 83.8 cm³/mol. The second kappa shape index (κ2) is 6.53. The molecule has 0 aromatic heterocycles. The number of amidine groups is 1. The minimum absolute atomic E-state index is 0.0844. The number of phenolic OH excluding ortho intramolecular Hbond substituents is 1. The zero-order chi connectivity index (χ0) is 14.4. The Bertz CT molecular complexity index is 628. The van der Waals surface area contributed by atoms with Crippen molar-refractivity contribution in [2.75, 3.05) is 0 Å². The molecular weight excluding hydrogens is 272 g/mol. The van der Waals surface area contributed by atoms with Gasteiger partial charge in [0.05, 0.1) is 11.3 Å². The highest BCUT2D eigenvalue weighted by Crippen LogP contribution is 2.18. The molecule has 0 heterocycles. The van der Waals surface area contributed by atoms with E-state index in [1.165, 1.54) is 0 Å². The second-order valence-corrected chi connectivity index (χ2v) is 4.37. The van der Waals surface area contributed by atoms with E-state index in [4.69, 9.17) is 18.0 Å². The van der Waals surface area contributed by atoms with Gasteiger partial charge in [0.1, 0.15) is 5.75 Å². The number of aliphatic imine (C=N–C) groups is 1. The number of rotatable bonds is 2. The van der Waals surface area contributed by atoms with Crippen LogP contribution in [-0.4, -0.2) is 16.1 Å². The summed E-state index contributed by atoms with van der Waals surface area (Å²) in [5, 5.41) is 10.00. The predicted octanol–water partition coefficient (Wildman–Crippen LogP) is 1.81. The van der Waals surface area contributed by atoms with Crippen LogP contribution in [0.25, 0.3) is 0 Å². The molecule has 102 valence electrons. The van der Waals surface area contributed by atoms with Crippen molar-refractivity contribution >= 4 is 28.9 Å². The summed E-state index contributed by atoms with van der Waals surface area (Å²) in [6, 6.07) is 16.2. The van der Waals surface area contributed by atoms with Crippen molar-refractivity contribution in [2.24, 2.45) is 10.7 Å². The lowest BCUT2D eigenvalue weighted by atomic mass is 10.2. The fraction of sp³-hybridized carbons (Fsp3) is 0. The molecule has 2 aromatic rings. The highest BCUT2D eigenvalue weighted by molar-refractivity contribution is 7.80. The molecule has 0 aliphatic heterocycles. The van der Waals surface area contributed by atoms with Gasteiger partial charge < -0.3 is 10.8 Å². The van der Waals surface area contributed by atoms with Crippen LogP contribution in [-0.2, 0) is 0 Å². The van der Waals surface area contributed by atoms with Gasteiger partial charge in [0.15, 0.2) is 10.9 Å². The summed E-state index contributed by atoms with van der Waals surface area (Å²) in [7, 11) is 0. The Morgan fingerprint density at radius 3 is 2.30 bits per heavy atom. The highest BCUT2D eigenvalue weighted by atomic mass is 32.1. The summed E-state index contributed by atoms with van der Waals surface area (Å²) in [5.41, 5.74) is 12.1. The van der Waals surface area contributed by atoms with E-state index < -0.39 is 0 Å². The van der Waals surface area contributed by atoms with Crippen LogP contribution < -0.4 is 16.6 Å². The standard InChI is InChI=1S/C14H14N4OS/c15-14(20)18-17-13(11-8-4-5-9-12(11)19)16-10-6-2-1-3-7-10/h1-9,19H,(H,16,17)(H3,15,18,20). The smallest absolute Gasteiger partial charge is 0.182 e. The molecule has 0 spiro atoms. The number of benzene rings is 2. The molecule has 0 fully saturated rings. The lowest BCUT2D eigenvalue weighted by Crippen LogP contribution is -2.44. The van der Waals surface area contributed by atoms with E-state index in [2.05, 4.69) is 15.8 Å². The van der Waals surface area contributed by atoms with Crippen LogP contribution in [0.5, 0.6) is 5.75 Å². The Hall–Kier alpha value is -2.60. The van der Waals surface area contributed by atoms with Crippen molar-refractivity contribution in [3.63, 3.8) is 0 Å². The molecule has 0 aliphatic carbocycles. The van der Waals surface area contributed by atoms with Crippen molar-refractivity contribution in [1.29, 1.82) is 0 Å². The lowest BCUT2D eigenvalue weighted by molar-refractivity contribution is 0.473. The summed E-state index contributed by atoms with van der Waals surface area (Å²) >= 11 is 4.75. The van der Waals surface area contributed by atoms with E-state index >= 15 is 0 Å². The van der Waals surface area contributed by atoms with Crippen molar-refractivity contribution < 1.29 is 5.11 Å². The molecule has 0 bridgehead atoms. The number of hydrogen-bond donors (Lipinski definition) is 4. The minimum atomic E-state index is 0.0844. The van der Waals surface area contributed by atoms with Crippen LogP contribution >= 0.6 is 12.2 Å². The molecule has 5 N–H and O–H groups in total. The first-order valence-corrected chi connectivity index (χ1v) is 6.31. The van der Waals surface area contributed by atoms with Crippen molar-refractivity contribution in [1.82, 2.24) is 10.9 Å². The summed E-state index contributed by atoms with van der Waals surface area (Å²) < 4.78 is 0. The molecule has 0 unspecified atom stereocenters.